The molecule has 1 aromatic rings. The Hall–Kier alpha value is -1.06. The summed E-state index contributed by atoms with van der Waals surface area (Å²) in [5, 5.41) is 10.3. The lowest BCUT2D eigenvalue weighted by Crippen LogP contribution is -2.40. The van der Waals surface area contributed by atoms with Gasteiger partial charge in [0.1, 0.15) is 18.5 Å². The third-order valence-corrected chi connectivity index (χ3v) is 4.72. The first-order chi connectivity index (χ1) is 10.8. The highest BCUT2D eigenvalue weighted by Crippen LogP contribution is 2.32. The van der Waals surface area contributed by atoms with Gasteiger partial charge in [0.2, 0.25) is 0 Å². The highest BCUT2D eigenvalue weighted by molar-refractivity contribution is 5.41. The minimum atomic E-state index is -0.433. The van der Waals surface area contributed by atoms with E-state index in [1.165, 1.54) is 24.0 Å². The van der Waals surface area contributed by atoms with Crippen molar-refractivity contribution >= 4 is 0 Å². The molecule has 130 valence electrons. The molecule has 1 aromatic carbocycles. The topological polar surface area (TPSA) is 32.7 Å². The first-order valence-corrected chi connectivity index (χ1v) is 8.90. The second-order valence-corrected chi connectivity index (χ2v) is 8.20. The van der Waals surface area contributed by atoms with Gasteiger partial charge in [-0.3, -0.25) is 0 Å². The van der Waals surface area contributed by atoms with E-state index in [9.17, 15) is 5.11 Å². The smallest absolute Gasteiger partial charge is 0.123 e. The van der Waals surface area contributed by atoms with Crippen molar-refractivity contribution in [1.29, 1.82) is 0 Å². The van der Waals surface area contributed by atoms with Crippen molar-refractivity contribution < 1.29 is 9.84 Å². The number of β-amino-alcohol motifs (C(OH)–C–C–N with tert-alkyl or cyclic N) is 1. The number of ether oxygens (including phenoxy) is 1. The van der Waals surface area contributed by atoms with Gasteiger partial charge in [-0.2, -0.15) is 0 Å². The molecule has 1 aliphatic heterocycles. The van der Waals surface area contributed by atoms with Crippen LogP contribution >= 0.6 is 0 Å². The number of benzene rings is 1. The number of rotatable bonds is 5. The van der Waals surface area contributed by atoms with Crippen LogP contribution in [-0.2, 0) is 5.41 Å². The lowest BCUT2D eigenvalue weighted by atomic mass is 9.85. The number of aliphatic hydroxyl groups is 1. The number of piperidine rings is 1. The standard InChI is InChI=1S/C20H33NO2/c1-15-8-10-21(11-9-15)13-17(22)14-23-19-7-6-16(2)12-18(19)20(3,4)5/h6-7,12,15,17,22H,8-11,13-14H2,1-5H3/t17-/m1/s1. The summed E-state index contributed by atoms with van der Waals surface area (Å²) in [6, 6.07) is 6.29. The minimum Gasteiger partial charge on any atom is -0.491 e. The average molecular weight is 319 g/mol. The monoisotopic (exact) mass is 319 g/mol. The molecule has 0 aliphatic carbocycles. The molecule has 0 saturated carbocycles. The fourth-order valence-electron chi connectivity index (χ4n) is 3.14. The zero-order chi connectivity index (χ0) is 17.0. The summed E-state index contributed by atoms with van der Waals surface area (Å²) in [6.07, 6.45) is 2.04. The van der Waals surface area contributed by atoms with E-state index in [0.29, 0.717) is 13.2 Å². The number of hydrogen-bond acceptors (Lipinski definition) is 3. The predicted octanol–water partition coefficient (Wildman–Crippen LogP) is 3.76. The van der Waals surface area contributed by atoms with E-state index in [-0.39, 0.29) is 5.41 Å². The van der Waals surface area contributed by atoms with E-state index in [0.717, 1.165) is 24.8 Å². The van der Waals surface area contributed by atoms with Crippen LogP contribution in [0.5, 0.6) is 5.75 Å². The fourth-order valence-corrected chi connectivity index (χ4v) is 3.14. The molecule has 1 N–H and O–H groups in total. The summed E-state index contributed by atoms with van der Waals surface area (Å²) in [4.78, 5) is 2.35. The van der Waals surface area contributed by atoms with E-state index in [2.05, 4.69) is 51.7 Å². The molecule has 1 aliphatic rings. The number of likely N-dealkylation sites (tertiary alicyclic amines) is 1. The van der Waals surface area contributed by atoms with Crippen LogP contribution in [0.15, 0.2) is 18.2 Å². The van der Waals surface area contributed by atoms with Crippen molar-refractivity contribution in [3.63, 3.8) is 0 Å². The maximum atomic E-state index is 10.3. The van der Waals surface area contributed by atoms with Crippen molar-refractivity contribution in [2.75, 3.05) is 26.2 Å². The summed E-state index contributed by atoms with van der Waals surface area (Å²) in [7, 11) is 0. The van der Waals surface area contributed by atoms with Crippen molar-refractivity contribution in [2.45, 2.75) is 59.0 Å². The molecule has 3 nitrogen and oxygen atoms in total. The maximum absolute atomic E-state index is 10.3. The molecule has 3 heteroatoms. The first-order valence-electron chi connectivity index (χ1n) is 8.90. The van der Waals surface area contributed by atoms with Crippen molar-refractivity contribution in [3.05, 3.63) is 29.3 Å². The van der Waals surface area contributed by atoms with Gasteiger partial charge in [-0.1, -0.05) is 45.4 Å². The Morgan fingerprint density at radius 1 is 1.26 bits per heavy atom. The Bertz CT molecular complexity index is 499. The molecule has 0 spiro atoms. The van der Waals surface area contributed by atoms with Gasteiger partial charge in [-0.05, 0) is 55.8 Å². The normalized spacial score (nSPS) is 18.9. The molecule has 0 amide bonds. The molecule has 1 atom stereocenters. The summed E-state index contributed by atoms with van der Waals surface area (Å²) in [5.74, 6) is 1.72. The van der Waals surface area contributed by atoms with Crippen molar-refractivity contribution in [2.24, 2.45) is 5.92 Å². The molecular formula is C20H33NO2. The quantitative estimate of drug-likeness (QED) is 0.897. The second kappa shape index (κ2) is 7.67. The minimum absolute atomic E-state index is 0.0370. The van der Waals surface area contributed by atoms with Crippen molar-refractivity contribution in [3.8, 4) is 5.75 Å². The van der Waals surface area contributed by atoms with Crippen LogP contribution in [0.3, 0.4) is 0 Å². The van der Waals surface area contributed by atoms with Gasteiger partial charge in [0.25, 0.3) is 0 Å². The molecule has 2 rings (SSSR count). The van der Waals surface area contributed by atoms with Crippen molar-refractivity contribution in [1.82, 2.24) is 4.90 Å². The third kappa shape index (κ3) is 5.50. The molecule has 23 heavy (non-hydrogen) atoms. The van der Waals surface area contributed by atoms with Gasteiger partial charge in [0, 0.05) is 6.54 Å². The van der Waals surface area contributed by atoms with Gasteiger partial charge < -0.3 is 14.7 Å². The number of hydrogen-bond donors (Lipinski definition) is 1. The van der Waals surface area contributed by atoms with E-state index < -0.39 is 6.10 Å². The number of aliphatic hydroxyl groups excluding tert-OH is 1. The summed E-state index contributed by atoms with van der Waals surface area (Å²) in [6.45, 7) is 14.3. The Balaban J connectivity index is 1.90. The average Bonchev–Trinajstić information content (AvgIpc) is 2.47. The molecule has 1 saturated heterocycles. The highest BCUT2D eigenvalue weighted by atomic mass is 16.5. The van der Waals surface area contributed by atoms with Crippen LogP contribution in [0.25, 0.3) is 0 Å². The first kappa shape index (κ1) is 18.3. The maximum Gasteiger partial charge on any atom is 0.123 e. The van der Waals surface area contributed by atoms with Gasteiger partial charge in [-0.15, -0.1) is 0 Å². The van der Waals surface area contributed by atoms with E-state index in [1.54, 1.807) is 0 Å². The molecular weight excluding hydrogens is 286 g/mol. The largest absolute Gasteiger partial charge is 0.491 e. The van der Waals surface area contributed by atoms with Crippen LogP contribution < -0.4 is 4.74 Å². The fraction of sp³-hybridized carbons (Fsp3) is 0.700. The zero-order valence-corrected chi connectivity index (χ0v) is 15.4. The van der Waals surface area contributed by atoms with Crippen LogP contribution in [-0.4, -0.2) is 42.4 Å². The Morgan fingerprint density at radius 3 is 2.52 bits per heavy atom. The highest BCUT2D eigenvalue weighted by Gasteiger charge is 2.21. The van der Waals surface area contributed by atoms with Crippen LogP contribution in [0, 0.1) is 12.8 Å². The van der Waals surface area contributed by atoms with E-state index >= 15 is 0 Å². The molecule has 0 radical (unpaired) electrons. The van der Waals surface area contributed by atoms with Gasteiger partial charge >= 0.3 is 0 Å². The lowest BCUT2D eigenvalue weighted by molar-refractivity contribution is 0.0557. The molecule has 1 fully saturated rings. The number of nitrogens with zero attached hydrogens (tertiary/aromatic N) is 1. The lowest BCUT2D eigenvalue weighted by Gasteiger charge is -2.31. The summed E-state index contributed by atoms with van der Waals surface area (Å²) >= 11 is 0. The van der Waals surface area contributed by atoms with Crippen LogP contribution in [0.2, 0.25) is 0 Å². The van der Waals surface area contributed by atoms with E-state index in [1.807, 2.05) is 6.07 Å². The molecule has 0 aromatic heterocycles. The SMILES string of the molecule is Cc1ccc(OC[C@H](O)CN2CCC(C)CC2)c(C(C)(C)C)c1. The van der Waals surface area contributed by atoms with Crippen LogP contribution in [0.1, 0.15) is 51.7 Å². The van der Waals surface area contributed by atoms with Crippen LogP contribution in [0.4, 0.5) is 0 Å². The Morgan fingerprint density at radius 2 is 1.91 bits per heavy atom. The summed E-state index contributed by atoms with van der Waals surface area (Å²) in [5.41, 5.74) is 2.48. The molecule has 0 bridgehead atoms. The van der Waals surface area contributed by atoms with Gasteiger partial charge in [-0.25, -0.2) is 0 Å². The summed E-state index contributed by atoms with van der Waals surface area (Å²) < 4.78 is 5.97. The Kier molecular flexibility index (Phi) is 6.10. The van der Waals surface area contributed by atoms with Gasteiger partial charge in [0.15, 0.2) is 0 Å². The Labute approximate surface area is 141 Å². The second-order valence-electron chi connectivity index (χ2n) is 8.20. The molecule has 0 unspecified atom stereocenters. The predicted molar refractivity (Wildman–Crippen MR) is 96.2 cm³/mol. The third-order valence-electron chi connectivity index (χ3n) is 4.72. The van der Waals surface area contributed by atoms with E-state index in [4.69, 9.17) is 4.74 Å². The molecule has 1 heterocycles. The number of aryl methyl sites for hydroxylation is 1. The zero-order valence-electron chi connectivity index (χ0n) is 15.4. The van der Waals surface area contributed by atoms with Gasteiger partial charge in [0.05, 0.1) is 0 Å².